The van der Waals surface area contributed by atoms with Crippen molar-refractivity contribution in [1.82, 2.24) is 9.47 Å². The fraction of sp³-hybridized carbons (Fsp3) is 0.500. The molecular formula is C20H26N2O4. The Kier molecular flexibility index (Phi) is 5.49. The number of aromatic nitrogens is 1. The molecule has 0 N–H and O–H groups in total. The van der Waals surface area contributed by atoms with E-state index in [0.29, 0.717) is 18.8 Å². The number of methoxy groups -OCH3 is 1. The number of benzene rings is 1. The van der Waals surface area contributed by atoms with Crippen molar-refractivity contribution in [3.8, 4) is 5.75 Å². The highest BCUT2D eigenvalue weighted by Gasteiger charge is 2.31. The number of carbonyl (C=O) groups excluding carboxylic acids is 2. The van der Waals surface area contributed by atoms with E-state index in [2.05, 4.69) is 0 Å². The second-order valence-corrected chi connectivity index (χ2v) is 6.67. The van der Waals surface area contributed by atoms with Gasteiger partial charge in [-0.15, -0.1) is 0 Å². The summed E-state index contributed by atoms with van der Waals surface area (Å²) in [7, 11) is 3.52. The van der Waals surface area contributed by atoms with Gasteiger partial charge in [-0.1, -0.05) is 0 Å². The smallest absolute Gasteiger partial charge is 0.307 e. The SMILES string of the molecule is CCOC(=O)CC1CCCCN1C(=O)c1cc2ccc(OC)cc2n1C. The molecule has 140 valence electrons. The van der Waals surface area contributed by atoms with E-state index in [0.717, 1.165) is 35.9 Å². The topological polar surface area (TPSA) is 60.8 Å². The van der Waals surface area contributed by atoms with E-state index in [4.69, 9.17) is 9.47 Å². The number of rotatable bonds is 5. The summed E-state index contributed by atoms with van der Waals surface area (Å²) in [4.78, 5) is 27.0. The first kappa shape index (κ1) is 18.3. The van der Waals surface area contributed by atoms with Crippen molar-refractivity contribution in [2.75, 3.05) is 20.3 Å². The first-order valence-electron chi connectivity index (χ1n) is 9.15. The van der Waals surface area contributed by atoms with Crippen molar-refractivity contribution in [3.63, 3.8) is 0 Å². The van der Waals surface area contributed by atoms with Gasteiger partial charge in [0.2, 0.25) is 0 Å². The van der Waals surface area contributed by atoms with Crippen LogP contribution in [0.3, 0.4) is 0 Å². The van der Waals surface area contributed by atoms with Gasteiger partial charge in [-0.25, -0.2) is 0 Å². The van der Waals surface area contributed by atoms with Crippen molar-refractivity contribution in [1.29, 1.82) is 0 Å². The van der Waals surface area contributed by atoms with Crippen LogP contribution in [0.2, 0.25) is 0 Å². The van der Waals surface area contributed by atoms with E-state index in [1.165, 1.54) is 0 Å². The molecule has 26 heavy (non-hydrogen) atoms. The number of esters is 1. The largest absolute Gasteiger partial charge is 0.497 e. The fourth-order valence-electron chi connectivity index (χ4n) is 3.68. The number of fused-ring (bicyclic) bond motifs is 1. The van der Waals surface area contributed by atoms with Crippen LogP contribution in [0.15, 0.2) is 24.3 Å². The fourth-order valence-corrected chi connectivity index (χ4v) is 3.68. The average Bonchev–Trinajstić information content (AvgIpc) is 2.98. The Bertz CT molecular complexity index is 811. The molecular weight excluding hydrogens is 332 g/mol. The zero-order valence-corrected chi connectivity index (χ0v) is 15.7. The predicted octanol–water partition coefficient (Wildman–Crippen LogP) is 3.13. The highest BCUT2D eigenvalue weighted by molar-refractivity contribution is 5.99. The molecule has 0 bridgehead atoms. The van der Waals surface area contributed by atoms with Gasteiger partial charge in [0, 0.05) is 31.1 Å². The minimum Gasteiger partial charge on any atom is -0.497 e. The van der Waals surface area contributed by atoms with Crippen LogP contribution in [0, 0.1) is 0 Å². The Hall–Kier alpha value is -2.50. The molecule has 0 saturated carbocycles. The van der Waals surface area contributed by atoms with Crippen LogP contribution in [-0.2, 0) is 16.6 Å². The zero-order valence-electron chi connectivity index (χ0n) is 15.7. The monoisotopic (exact) mass is 358 g/mol. The van der Waals surface area contributed by atoms with E-state index in [1.807, 2.05) is 40.8 Å². The predicted molar refractivity (Wildman–Crippen MR) is 99.4 cm³/mol. The summed E-state index contributed by atoms with van der Waals surface area (Å²) in [5.74, 6) is 0.492. The quantitative estimate of drug-likeness (QED) is 0.771. The molecule has 1 aromatic heterocycles. The maximum atomic E-state index is 13.2. The van der Waals surface area contributed by atoms with Crippen LogP contribution in [0.4, 0.5) is 0 Å². The number of hydrogen-bond donors (Lipinski definition) is 0. The lowest BCUT2D eigenvalue weighted by Crippen LogP contribution is -2.45. The Morgan fingerprint density at radius 1 is 1.23 bits per heavy atom. The number of hydrogen-bond acceptors (Lipinski definition) is 4. The van der Waals surface area contributed by atoms with Crippen molar-refractivity contribution in [3.05, 3.63) is 30.0 Å². The van der Waals surface area contributed by atoms with Gasteiger partial charge < -0.3 is 18.9 Å². The first-order valence-corrected chi connectivity index (χ1v) is 9.15. The van der Waals surface area contributed by atoms with Crippen LogP contribution in [-0.4, -0.2) is 47.6 Å². The molecule has 3 rings (SSSR count). The molecule has 0 spiro atoms. The normalized spacial score (nSPS) is 17.3. The third-order valence-corrected chi connectivity index (χ3v) is 5.07. The maximum absolute atomic E-state index is 13.2. The standard InChI is InChI=1S/C20H26N2O4/c1-4-26-19(23)12-15-7-5-6-10-22(15)20(24)18-11-14-8-9-16(25-3)13-17(14)21(18)2/h8-9,11,13,15H,4-7,10,12H2,1-3H3. The Labute approximate surface area is 153 Å². The summed E-state index contributed by atoms with van der Waals surface area (Å²) in [6.45, 7) is 2.84. The zero-order chi connectivity index (χ0) is 18.7. The summed E-state index contributed by atoms with van der Waals surface area (Å²) >= 11 is 0. The van der Waals surface area contributed by atoms with Crippen LogP contribution >= 0.6 is 0 Å². The number of carbonyl (C=O) groups is 2. The minimum atomic E-state index is -0.237. The van der Waals surface area contributed by atoms with E-state index >= 15 is 0 Å². The lowest BCUT2D eigenvalue weighted by atomic mass is 9.99. The first-order chi connectivity index (χ1) is 12.5. The van der Waals surface area contributed by atoms with E-state index in [9.17, 15) is 9.59 Å². The molecule has 6 nitrogen and oxygen atoms in total. The summed E-state index contributed by atoms with van der Waals surface area (Å²) < 4.78 is 12.3. The molecule has 2 aromatic rings. The molecule has 1 aromatic carbocycles. The highest BCUT2D eigenvalue weighted by Crippen LogP contribution is 2.27. The van der Waals surface area contributed by atoms with Gasteiger partial charge in [0.15, 0.2) is 0 Å². The van der Waals surface area contributed by atoms with Gasteiger partial charge in [0.05, 0.1) is 25.7 Å². The number of piperidine rings is 1. The Balaban J connectivity index is 1.87. The van der Waals surface area contributed by atoms with Crippen molar-refractivity contribution in [2.45, 2.75) is 38.6 Å². The lowest BCUT2D eigenvalue weighted by Gasteiger charge is -2.35. The van der Waals surface area contributed by atoms with Crippen LogP contribution in [0.1, 0.15) is 43.1 Å². The molecule has 6 heteroatoms. The van der Waals surface area contributed by atoms with Gasteiger partial charge in [0.25, 0.3) is 5.91 Å². The number of amides is 1. The van der Waals surface area contributed by atoms with Crippen LogP contribution < -0.4 is 4.74 Å². The molecule has 1 atom stereocenters. The Morgan fingerprint density at radius 3 is 2.77 bits per heavy atom. The van der Waals surface area contributed by atoms with Crippen molar-refractivity contribution >= 4 is 22.8 Å². The minimum absolute atomic E-state index is 0.0309. The number of likely N-dealkylation sites (tertiary alicyclic amines) is 1. The summed E-state index contributed by atoms with van der Waals surface area (Å²) in [6, 6.07) is 7.59. The third-order valence-electron chi connectivity index (χ3n) is 5.07. The van der Waals surface area contributed by atoms with Gasteiger partial charge in [-0.05, 0) is 44.4 Å². The molecule has 1 aliphatic rings. The van der Waals surface area contributed by atoms with E-state index in [1.54, 1.807) is 14.0 Å². The highest BCUT2D eigenvalue weighted by atomic mass is 16.5. The molecule has 1 fully saturated rings. The number of ether oxygens (including phenoxy) is 2. The molecule has 1 unspecified atom stereocenters. The molecule has 2 heterocycles. The van der Waals surface area contributed by atoms with Crippen molar-refractivity contribution in [2.24, 2.45) is 7.05 Å². The molecule has 1 aliphatic heterocycles. The maximum Gasteiger partial charge on any atom is 0.307 e. The lowest BCUT2D eigenvalue weighted by molar-refractivity contribution is -0.144. The van der Waals surface area contributed by atoms with Gasteiger partial charge in [0.1, 0.15) is 11.4 Å². The van der Waals surface area contributed by atoms with E-state index < -0.39 is 0 Å². The molecule has 1 amide bonds. The summed E-state index contributed by atoms with van der Waals surface area (Å²) in [5.41, 5.74) is 1.58. The molecule has 0 aliphatic carbocycles. The van der Waals surface area contributed by atoms with Crippen LogP contribution in [0.5, 0.6) is 5.75 Å². The number of aryl methyl sites for hydroxylation is 1. The van der Waals surface area contributed by atoms with Gasteiger partial charge in [-0.2, -0.15) is 0 Å². The van der Waals surface area contributed by atoms with E-state index in [-0.39, 0.29) is 24.3 Å². The second kappa shape index (κ2) is 7.81. The number of nitrogens with zero attached hydrogens (tertiary/aromatic N) is 2. The van der Waals surface area contributed by atoms with Crippen molar-refractivity contribution < 1.29 is 19.1 Å². The average molecular weight is 358 g/mol. The van der Waals surface area contributed by atoms with Gasteiger partial charge in [-0.3, -0.25) is 9.59 Å². The molecule has 0 radical (unpaired) electrons. The Morgan fingerprint density at radius 2 is 2.04 bits per heavy atom. The molecule has 1 saturated heterocycles. The van der Waals surface area contributed by atoms with Gasteiger partial charge >= 0.3 is 5.97 Å². The second-order valence-electron chi connectivity index (χ2n) is 6.67. The summed E-state index contributed by atoms with van der Waals surface area (Å²) in [5, 5.41) is 0.996. The van der Waals surface area contributed by atoms with Crippen LogP contribution in [0.25, 0.3) is 10.9 Å². The summed E-state index contributed by atoms with van der Waals surface area (Å²) in [6.07, 6.45) is 3.09. The third kappa shape index (κ3) is 3.54.